The number of nitrogens with two attached hydrogens (primary N) is 1. The lowest BCUT2D eigenvalue weighted by atomic mass is 9.86. The number of hydrogen-bond donors (Lipinski definition) is 3. The van der Waals surface area contributed by atoms with Gasteiger partial charge in [-0.3, -0.25) is 0 Å². The first-order chi connectivity index (χ1) is 6.64. The lowest BCUT2D eigenvalue weighted by Crippen LogP contribution is -2.38. The minimum absolute atomic E-state index is 0.0697. The number of nitrogen functional groups attached to an aromatic ring is 1. The minimum atomic E-state index is 0.0697. The van der Waals surface area contributed by atoms with Crippen LogP contribution >= 0.6 is 0 Å². The molecule has 0 saturated carbocycles. The Balaban J connectivity index is 2.21. The van der Waals surface area contributed by atoms with Gasteiger partial charge in [0.05, 0.1) is 18.4 Å². The van der Waals surface area contributed by atoms with Crippen LogP contribution in [0, 0.1) is 5.41 Å². The van der Waals surface area contributed by atoms with Gasteiger partial charge >= 0.3 is 0 Å². The lowest BCUT2D eigenvalue weighted by molar-refractivity contribution is 0.174. The molecule has 0 fully saturated rings. The molecule has 1 aliphatic heterocycles. The summed E-state index contributed by atoms with van der Waals surface area (Å²) in [6, 6.07) is 0. The first kappa shape index (κ1) is 9.33. The largest absolute Gasteiger partial charge is 0.396 e. The minimum Gasteiger partial charge on any atom is -0.396 e. The van der Waals surface area contributed by atoms with Crippen molar-refractivity contribution in [1.29, 1.82) is 0 Å². The number of nitrogens with zero attached hydrogens (tertiary/aromatic N) is 2. The Labute approximate surface area is 82.9 Å². The predicted molar refractivity (Wildman–Crippen MR) is 54.9 cm³/mol. The molecule has 1 aromatic heterocycles. The predicted octanol–water partition coefficient (Wildman–Crippen LogP) is 0.279. The van der Waals surface area contributed by atoms with E-state index in [1.807, 2.05) is 4.68 Å². The molecule has 0 saturated heterocycles. The SMILES string of the molecule is CC1(CCO)CNc2c(N)cnn2C1. The van der Waals surface area contributed by atoms with Gasteiger partial charge in [0.1, 0.15) is 5.82 Å². The number of aliphatic hydroxyl groups is 1. The summed E-state index contributed by atoms with van der Waals surface area (Å²) in [5.74, 6) is 0.903. The molecule has 2 heterocycles. The second kappa shape index (κ2) is 3.16. The molecule has 1 atom stereocenters. The smallest absolute Gasteiger partial charge is 0.147 e. The molecule has 0 amide bonds. The summed E-state index contributed by atoms with van der Waals surface area (Å²) < 4.78 is 1.87. The molecule has 1 aromatic rings. The van der Waals surface area contributed by atoms with Crippen LogP contribution in [0.15, 0.2) is 6.20 Å². The van der Waals surface area contributed by atoms with Crippen LogP contribution in [0.2, 0.25) is 0 Å². The number of anilines is 2. The molecule has 0 spiro atoms. The Hall–Kier alpha value is -1.23. The Bertz CT molecular complexity index is 336. The molecule has 78 valence electrons. The Morgan fingerprint density at radius 1 is 1.79 bits per heavy atom. The highest BCUT2D eigenvalue weighted by Crippen LogP contribution is 2.32. The number of aromatic nitrogens is 2. The van der Waals surface area contributed by atoms with Gasteiger partial charge in [0.25, 0.3) is 0 Å². The molecule has 2 rings (SSSR count). The van der Waals surface area contributed by atoms with Crippen LogP contribution in [0.1, 0.15) is 13.3 Å². The summed E-state index contributed by atoms with van der Waals surface area (Å²) in [6.45, 7) is 4.00. The van der Waals surface area contributed by atoms with Gasteiger partial charge in [-0.25, -0.2) is 4.68 Å². The molecule has 4 N–H and O–H groups in total. The van der Waals surface area contributed by atoms with Crippen LogP contribution < -0.4 is 11.1 Å². The van der Waals surface area contributed by atoms with Gasteiger partial charge in [0.15, 0.2) is 0 Å². The van der Waals surface area contributed by atoms with Crippen LogP contribution in [0.3, 0.4) is 0 Å². The molecular formula is C9H16N4O. The van der Waals surface area contributed by atoms with E-state index in [9.17, 15) is 0 Å². The highest BCUT2D eigenvalue weighted by atomic mass is 16.3. The summed E-state index contributed by atoms with van der Waals surface area (Å²) in [5.41, 5.74) is 6.49. The van der Waals surface area contributed by atoms with Crippen molar-refractivity contribution in [3.8, 4) is 0 Å². The highest BCUT2D eigenvalue weighted by molar-refractivity contribution is 5.61. The fourth-order valence-corrected chi connectivity index (χ4v) is 1.86. The van der Waals surface area contributed by atoms with E-state index in [0.717, 1.165) is 25.3 Å². The Morgan fingerprint density at radius 3 is 3.29 bits per heavy atom. The van der Waals surface area contributed by atoms with Gasteiger partial charge in [-0.05, 0) is 6.42 Å². The number of hydrogen-bond acceptors (Lipinski definition) is 4. The van der Waals surface area contributed by atoms with E-state index in [4.69, 9.17) is 10.8 Å². The average molecular weight is 196 g/mol. The lowest BCUT2D eigenvalue weighted by Gasteiger charge is -2.34. The maximum Gasteiger partial charge on any atom is 0.147 e. The van der Waals surface area contributed by atoms with E-state index >= 15 is 0 Å². The first-order valence-corrected chi connectivity index (χ1v) is 4.81. The topological polar surface area (TPSA) is 76.1 Å². The summed E-state index contributed by atoms with van der Waals surface area (Å²) in [4.78, 5) is 0. The van der Waals surface area contributed by atoms with Crippen molar-refractivity contribution in [2.75, 3.05) is 24.2 Å². The van der Waals surface area contributed by atoms with Gasteiger partial charge < -0.3 is 16.2 Å². The summed E-state index contributed by atoms with van der Waals surface area (Å²) in [7, 11) is 0. The van der Waals surface area contributed by atoms with Crippen molar-refractivity contribution < 1.29 is 5.11 Å². The van der Waals surface area contributed by atoms with E-state index in [1.165, 1.54) is 0 Å². The van der Waals surface area contributed by atoms with Gasteiger partial charge in [0, 0.05) is 18.6 Å². The molecule has 0 aliphatic carbocycles. The van der Waals surface area contributed by atoms with Crippen LogP contribution in [-0.2, 0) is 6.54 Å². The van der Waals surface area contributed by atoms with E-state index < -0.39 is 0 Å². The highest BCUT2D eigenvalue weighted by Gasteiger charge is 2.30. The molecule has 14 heavy (non-hydrogen) atoms. The van der Waals surface area contributed by atoms with E-state index in [1.54, 1.807) is 6.20 Å². The Kier molecular flexibility index (Phi) is 2.11. The van der Waals surface area contributed by atoms with Gasteiger partial charge in [-0.2, -0.15) is 5.10 Å². The number of rotatable bonds is 2. The van der Waals surface area contributed by atoms with Crippen LogP contribution in [-0.4, -0.2) is 28.0 Å². The van der Waals surface area contributed by atoms with E-state index in [2.05, 4.69) is 17.3 Å². The monoisotopic (exact) mass is 196 g/mol. The molecule has 0 aromatic carbocycles. The van der Waals surface area contributed by atoms with Gasteiger partial charge in [0.2, 0.25) is 0 Å². The molecule has 1 aliphatic rings. The zero-order valence-electron chi connectivity index (χ0n) is 8.32. The summed E-state index contributed by atoms with van der Waals surface area (Å²) in [6.07, 6.45) is 2.44. The molecule has 5 nitrogen and oxygen atoms in total. The van der Waals surface area contributed by atoms with E-state index in [-0.39, 0.29) is 12.0 Å². The third kappa shape index (κ3) is 1.43. The van der Waals surface area contributed by atoms with Crippen LogP contribution in [0.25, 0.3) is 0 Å². The average Bonchev–Trinajstić information content (AvgIpc) is 2.47. The van der Waals surface area contributed by atoms with Crippen molar-refractivity contribution in [2.45, 2.75) is 19.9 Å². The number of aliphatic hydroxyl groups excluding tert-OH is 1. The first-order valence-electron chi connectivity index (χ1n) is 4.81. The normalized spacial score (nSPS) is 25.6. The molecule has 1 unspecified atom stereocenters. The summed E-state index contributed by atoms with van der Waals surface area (Å²) in [5, 5.41) is 16.4. The van der Waals surface area contributed by atoms with Crippen molar-refractivity contribution in [1.82, 2.24) is 9.78 Å². The third-order valence-electron chi connectivity index (χ3n) is 2.80. The summed E-state index contributed by atoms with van der Waals surface area (Å²) >= 11 is 0. The number of fused-ring (bicyclic) bond motifs is 1. The molecule has 5 heteroatoms. The zero-order chi connectivity index (χ0) is 10.2. The van der Waals surface area contributed by atoms with Crippen molar-refractivity contribution in [3.05, 3.63) is 6.20 Å². The van der Waals surface area contributed by atoms with Crippen molar-refractivity contribution in [2.24, 2.45) is 5.41 Å². The number of nitrogens with one attached hydrogen (secondary N) is 1. The van der Waals surface area contributed by atoms with E-state index in [0.29, 0.717) is 5.69 Å². The molecule has 0 bridgehead atoms. The molecule has 0 radical (unpaired) electrons. The zero-order valence-corrected chi connectivity index (χ0v) is 8.32. The maximum absolute atomic E-state index is 8.95. The molecular weight excluding hydrogens is 180 g/mol. The second-order valence-corrected chi connectivity index (χ2v) is 4.24. The van der Waals surface area contributed by atoms with Crippen molar-refractivity contribution >= 4 is 11.5 Å². The standard InChI is InChI=1S/C9H16N4O/c1-9(2-3-14)5-11-8-7(10)4-12-13(8)6-9/h4,11,14H,2-3,5-6,10H2,1H3. The fraction of sp³-hybridized carbons (Fsp3) is 0.667. The fourth-order valence-electron chi connectivity index (χ4n) is 1.86. The van der Waals surface area contributed by atoms with Crippen LogP contribution in [0.5, 0.6) is 0 Å². The van der Waals surface area contributed by atoms with Crippen molar-refractivity contribution in [3.63, 3.8) is 0 Å². The van der Waals surface area contributed by atoms with Gasteiger partial charge in [-0.1, -0.05) is 6.92 Å². The van der Waals surface area contributed by atoms with Gasteiger partial charge in [-0.15, -0.1) is 0 Å². The second-order valence-electron chi connectivity index (χ2n) is 4.24. The maximum atomic E-state index is 8.95. The Morgan fingerprint density at radius 2 is 2.57 bits per heavy atom. The van der Waals surface area contributed by atoms with Crippen LogP contribution in [0.4, 0.5) is 11.5 Å². The quantitative estimate of drug-likeness (QED) is 0.635. The third-order valence-corrected chi connectivity index (χ3v) is 2.80.